The predicted molar refractivity (Wildman–Crippen MR) is 87.2 cm³/mol. The second-order valence-corrected chi connectivity index (χ2v) is 5.32. The van der Waals surface area contributed by atoms with E-state index in [2.05, 4.69) is 15.2 Å². The zero-order valence-corrected chi connectivity index (χ0v) is 13.5. The molecule has 0 spiro atoms. The molecule has 0 atom stereocenters. The molecule has 6 nitrogen and oxygen atoms in total. The molecule has 22 heavy (non-hydrogen) atoms. The van der Waals surface area contributed by atoms with Crippen LogP contribution < -0.4 is 5.32 Å². The molecule has 1 aromatic rings. The molecule has 0 radical (unpaired) electrons. The van der Waals surface area contributed by atoms with Gasteiger partial charge in [-0.3, -0.25) is 14.7 Å². The van der Waals surface area contributed by atoms with Gasteiger partial charge in [0.05, 0.1) is 24.5 Å². The highest BCUT2D eigenvalue weighted by molar-refractivity contribution is 5.94. The van der Waals surface area contributed by atoms with Gasteiger partial charge in [0.1, 0.15) is 0 Å². The van der Waals surface area contributed by atoms with E-state index in [1.54, 1.807) is 17.3 Å². The van der Waals surface area contributed by atoms with Gasteiger partial charge in [-0.1, -0.05) is 0 Å². The Balaban J connectivity index is 1.86. The molecule has 122 valence electrons. The van der Waals surface area contributed by atoms with Crippen LogP contribution in [0.4, 0.5) is 5.69 Å². The Bertz CT molecular complexity index is 471. The zero-order valence-electron chi connectivity index (χ0n) is 13.5. The number of hydrogen-bond acceptors (Lipinski definition) is 5. The molecule has 0 aliphatic carbocycles. The first-order valence-corrected chi connectivity index (χ1v) is 8.03. The lowest BCUT2D eigenvalue weighted by molar-refractivity contribution is 0.0398. The topological polar surface area (TPSA) is 57.7 Å². The van der Waals surface area contributed by atoms with Gasteiger partial charge in [-0.2, -0.15) is 0 Å². The number of ether oxygens (including phenoxy) is 1. The minimum Gasteiger partial charge on any atom is -0.382 e. The third-order valence-electron chi connectivity index (χ3n) is 3.90. The Hall–Kier alpha value is -1.66. The lowest BCUT2D eigenvalue weighted by Crippen LogP contribution is -2.39. The number of nitrogens with one attached hydrogen (secondary N) is 1. The molecule has 1 aromatic heterocycles. The molecule has 1 fully saturated rings. The van der Waals surface area contributed by atoms with Crippen molar-refractivity contribution < 1.29 is 9.53 Å². The Morgan fingerprint density at radius 3 is 2.73 bits per heavy atom. The van der Waals surface area contributed by atoms with Crippen LogP contribution >= 0.6 is 0 Å². The molecule has 1 N–H and O–H groups in total. The van der Waals surface area contributed by atoms with Crippen LogP contribution in [-0.2, 0) is 4.74 Å². The van der Waals surface area contributed by atoms with E-state index in [0.29, 0.717) is 18.7 Å². The van der Waals surface area contributed by atoms with Crippen molar-refractivity contribution in [3.63, 3.8) is 0 Å². The molecule has 1 aliphatic rings. The van der Waals surface area contributed by atoms with Crippen molar-refractivity contribution in [2.45, 2.75) is 13.8 Å². The van der Waals surface area contributed by atoms with Gasteiger partial charge >= 0.3 is 0 Å². The number of anilines is 1. The molecule has 0 aromatic carbocycles. The van der Waals surface area contributed by atoms with Crippen LogP contribution in [0.5, 0.6) is 0 Å². The van der Waals surface area contributed by atoms with E-state index in [-0.39, 0.29) is 5.91 Å². The highest BCUT2D eigenvalue weighted by Gasteiger charge is 2.13. The molecule has 1 aliphatic heterocycles. The highest BCUT2D eigenvalue weighted by Crippen LogP contribution is 2.11. The monoisotopic (exact) mass is 306 g/mol. The number of pyridine rings is 1. The maximum Gasteiger partial charge on any atom is 0.255 e. The largest absolute Gasteiger partial charge is 0.382 e. The van der Waals surface area contributed by atoms with Crippen LogP contribution in [-0.4, -0.2) is 73.2 Å². The summed E-state index contributed by atoms with van der Waals surface area (Å²) in [5.74, 6) is 0.0364. The lowest BCUT2D eigenvalue weighted by atomic mass is 10.2. The summed E-state index contributed by atoms with van der Waals surface area (Å²) in [7, 11) is 0. The van der Waals surface area contributed by atoms with Gasteiger partial charge in [0.15, 0.2) is 0 Å². The van der Waals surface area contributed by atoms with E-state index < -0.39 is 0 Å². The van der Waals surface area contributed by atoms with Crippen molar-refractivity contribution in [3.05, 3.63) is 24.0 Å². The third kappa shape index (κ3) is 4.68. The second kappa shape index (κ2) is 8.70. The van der Waals surface area contributed by atoms with E-state index >= 15 is 0 Å². The molecular weight excluding hydrogens is 280 g/mol. The Kier molecular flexibility index (Phi) is 6.61. The van der Waals surface area contributed by atoms with Gasteiger partial charge in [-0.05, 0) is 19.9 Å². The van der Waals surface area contributed by atoms with Crippen LogP contribution in [0.1, 0.15) is 24.2 Å². The minimum atomic E-state index is 0.0364. The van der Waals surface area contributed by atoms with Crippen molar-refractivity contribution in [2.75, 3.05) is 57.8 Å². The van der Waals surface area contributed by atoms with Crippen LogP contribution in [0, 0.1) is 0 Å². The molecule has 6 heteroatoms. The van der Waals surface area contributed by atoms with Crippen molar-refractivity contribution in [2.24, 2.45) is 0 Å². The molecule has 0 saturated carbocycles. The van der Waals surface area contributed by atoms with Crippen LogP contribution in [0.25, 0.3) is 0 Å². The number of hydrogen-bond donors (Lipinski definition) is 1. The highest BCUT2D eigenvalue weighted by atomic mass is 16.5. The van der Waals surface area contributed by atoms with E-state index in [9.17, 15) is 4.79 Å². The summed E-state index contributed by atoms with van der Waals surface area (Å²) in [6.45, 7) is 10.8. The average molecular weight is 306 g/mol. The molecule has 0 bridgehead atoms. The van der Waals surface area contributed by atoms with Crippen molar-refractivity contribution >= 4 is 11.6 Å². The number of carbonyl (C=O) groups is 1. The van der Waals surface area contributed by atoms with E-state index in [4.69, 9.17) is 4.74 Å². The summed E-state index contributed by atoms with van der Waals surface area (Å²) in [5.41, 5.74) is 1.53. The van der Waals surface area contributed by atoms with Gasteiger partial charge in [-0.25, -0.2) is 0 Å². The fraction of sp³-hybridized carbons (Fsp3) is 0.625. The average Bonchev–Trinajstić information content (AvgIpc) is 2.57. The summed E-state index contributed by atoms with van der Waals surface area (Å²) in [6.07, 6.45) is 3.39. The summed E-state index contributed by atoms with van der Waals surface area (Å²) < 4.78 is 5.34. The van der Waals surface area contributed by atoms with Crippen LogP contribution in [0.2, 0.25) is 0 Å². The van der Waals surface area contributed by atoms with Gasteiger partial charge in [0, 0.05) is 51.7 Å². The van der Waals surface area contributed by atoms with Crippen molar-refractivity contribution in [1.29, 1.82) is 0 Å². The second-order valence-electron chi connectivity index (χ2n) is 5.32. The van der Waals surface area contributed by atoms with Gasteiger partial charge in [0.25, 0.3) is 5.91 Å². The predicted octanol–water partition coefficient (Wildman–Crippen LogP) is 1.31. The van der Waals surface area contributed by atoms with E-state index in [1.807, 2.05) is 19.9 Å². The number of rotatable bonds is 7. The first-order chi connectivity index (χ1) is 10.7. The molecule has 1 saturated heterocycles. The quantitative estimate of drug-likeness (QED) is 0.823. The fourth-order valence-electron chi connectivity index (χ4n) is 2.53. The maximum absolute atomic E-state index is 12.3. The summed E-state index contributed by atoms with van der Waals surface area (Å²) in [6, 6.07) is 1.88. The smallest absolute Gasteiger partial charge is 0.255 e. The van der Waals surface area contributed by atoms with Gasteiger partial charge in [-0.15, -0.1) is 0 Å². The summed E-state index contributed by atoms with van der Waals surface area (Å²) >= 11 is 0. The van der Waals surface area contributed by atoms with E-state index in [1.165, 1.54) is 0 Å². The summed E-state index contributed by atoms with van der Waals surface area (Å²) in [5, 5.41) is 3.35. The number of carbonyl (C=O) groups excluding carboxylic acids is 1. The van der Waals surface area contributed by atoms with Crippen LogP contribution in [0.3, 0.4) is 0 Å². The molecular formula is C16H26N4O2. The Morgan fingerprint density at radius 2 is 2.05 bits per heavy atom. The van der Waals surface area contributed by atoms with E-state index in [0.717, 1.165) is 45.1 Å². The van der Waals surface area contributed by atoms with Gasteiger partial charge < -0.3 is 15.0 Å². The number of morpholine rings is 1. The third-order valence-corrected chi connectivity index (χ3v) is 3.90. The van der Waals surface area contributed by atoms with Gasteiger partial charge in [0.2, 0.25) is 0 Å². The fourth-order valence-corrected chi connectivity index (χ4v) is 2.53. The molecule has 0 unspecified atom stereocenters. The Labute approximate surface area is 132 Å². The maximum atomic E-state index is 12.3. The van der Waals surface area contributed by atoms with Crippen molar-refractivity contribution in [1.82, 2.24) is 14.8 Å². The normalized spacial score (nSPS) is 15.5. The lowest BCUT2D eigenvalue weighted by Gasteiger charge is -2.26. The standard InChI is InChI=1S/C16H26N4O2/c1-3-20(4-2)16(21)14-11-15(13-17-12-14)18-5-6-19-7-9-22-10-8-19/h11-13,18H,3-10H2,1-2H3. The zero-order chi connectivity index (χ0) is 15.8. The molecule has 2 heterocycles. The number of nitrogens with zero attached hydrogens (tertiary/aromatic N) is 3. The summed E-state index contributed by atoms with van der Waals surface area (Å²) in [4.78, 5) is 20.7. The molecule has 2 rings (SSSR count). The van der Waals surface area contributed by atoms with Crippen molar-refractivity contribution in [3.8, 4) is 0 Å². The minimum absolute atomic E-state index is 0.0364. The first-order valence-electron chi connectivity index (χ1n) is 8.03. The molecule has 1 amide bonds. The van der Waals surface area contributed by atoms with Crippen LogP contribution in [0.15, 0.2) is 18.5 Å². The number of amides is 1. The first kappa shape index (κ1) is 16.7. The Morgan fingerprint density at radius 1 is 1.32 bits per heavy atom. The SMILES string of the molecule is CCN(CC)C(=O)c1cncc(NCCN2CCOCC2)c1. The number of aromatic nitrogens is 1.